The van der Waals surface area contributed by atoms with Crippen LogP contribution < -0.4 is 10.2 Å². The quantitative estimate of drug-likeness (QED) is 0.699. The zero-order chi connectivity index (χ0) is 21.0. The third-order valence-corrected chi connectivity index (χ3v) is 5.98. The molecule has 1 aromatic heterocycles. The predicted molar refractivity (Wildman–Crippen MR) is 113 cm³/mol. The van der Waals surface area contributed by atoms with Gasteiger partial charge in [0.15, 0.2) is 11.7 Å². The molecule has 1 saturated heterocycles. The smallest absolute Gasteiger partial charge is 0.310 e. The van der Waals surface area contributed by atoms with Crippen LogP contribution in [0.3, 0.4) is 0 Å². The van der Waals surface area contributed by atoms with Crippen molar-refractivity contribution in [2.24, 2.45) is 11.8 Å². The van der Waals surface area contributed by atoms with E-state index in [2.05, 4.69) is 24.1 Å². The monoisotopic (exact) mass is 417 g/mol. The molecule has 1 fully saturated rings. The van der Waals surface area contributed by atoms with Gasteiger partial charge in [-0.1, -0.05) is 37.3 Å². The number of carbonyl (C=O) groups is 3. The standard InChI is InChI=1S/C21H27N3O4S/c1-4-24(21-23-16-7-5-6-8-17(16)29-21)19(26)12-28-20(27)14-10-15(9-13(2)3)22-18(25)11-14/h5-8,13-15H,4,9-12H2,1-3H3,(H,22,25). The van der Waals surface area contributed by atoms with E-state index < -0.39 is 11.9 Å². The topological polar surface area (TPSA) is 88.6 Å². The highest BCUT2D eigenvalue weighted by atomic mass is 32.1. The maximum absolute atomic E-state index is 12.6. The Bertz CT molecular complexity index is 862. The van der Waals surface area contributed by atoms with E-state index in [-0.39, 0.29) is 30.9 Å². The van der Waals surface area contributed by atoms with Crippen molar-refractivity contribution in [2.45, 2.75) is 46.1 Å². The number of likely N-dealkylation sites (N-methyl/N-ethyl adjacent to an activating group) is 1. The minimum Gasteiger partial charge on any atom is -0.455 e. The van der Waals surface area contributed by atoms with Gasteiger partial charge in [0.25, 0.3) is 5.91 Å². The molecule has 3 rings (SSSR count). The van der Waals surface area contributed by atoms with Gasteiger partial charge in [-0.3, -0.25) is 19.3 Å². The fourth-order valence-electron chi connectivity index (χ4n) is 3.62. The van der Waals surface area contributed by atoms with Crippen molar-refractivity contribution >= 4 is 44.5 Å². The molecule has 1 N–H and O–H groups in total. The van der Waals surface area contributed by atoms with Gasteiger partial charge in [0, 0.05) is 19.0 Å². The van der Waals surface area contributed by atoms with E-state index in [0.29, 0.717) is 24.0 Å². The number of anilines is 1. The highest BCUT2D eigenvalue weighted by molar-refractivity contribution is 7.22. The lowest BCUT2D eigenvalue weighted by molar-refractivity contribution is -0.155. The molecule has 1 aromatic carbocycles. The van der Waals surface area contributed by atoms with E-state index in [1.165, 1.54) is 16.2 Å². The Morgan fingerprint density at radius 2 is 2.10 bits per heavy atom. The number of carbonyl (C=O) groups excluding carboxylic acids is 3. The fraction of sp³-hybridized carbons (Fsp3) is 0.524. The molecular formula is C21H27N3O4S. The Balaban J connectivity index is 1.59. The number of para-hydroxylation sites is 1. The number of nitrogens with zero attached hydrogens (tertiary/aromatic N) is 2. The second-order valence-corrected chi connectivity index (χ2v) is 8.75. The summed E-state index contributed by atoms with van der Waals surface area (Å²) in [5.41, 5.74) is 0.833. The number of esters is 1. The Morgan fingerprint density at radius 1 is 1.34 bits per heavy atom. The van der Waals surface area contributed by atoms with Gasteiger partial charge in [-0.05, 0) is 37.8 Å². The first-order valence-electron chi connectivity index (χ1n) is 9.99. The minimum atomic E-state index is -0.502. The lowest BCUT2D eigenvalue weighted by atomic mass is 9.88. The molecule has 1 aliphatic heterocycles. The second kappa shape index (κ2) is 9.35. The molecule has 8 heteroatoms. The SMILES string of the molecule is CCN(C(=O)COC(=O)C1CC(=O)NC(CC(C)C)C1)c1nc2ccccc2s1. The molecule has 2 unspecified atom stereocenters. The average molecular weight is 418 g/mol. The van der Waals surface area contributed by atoms with Crippen LogP contribution in [-0.4, -0.2) is 42.0 Å². The average Bonchev–Trinajstić information content (AvgIpc) is 3.09. The molecule has 1 aliphatic rings. The normalized spacial score (nSPS) is 19.2. The van der Waals surface area contributed by atoms with Gasteiger partial charge in [0.2, 0.25) is 5.91 Å². The zero-order valence-corrected chi connectivity index (χ0v) is 17.8. The summed E-state index contributed by atoms with van der Waals surface area (Å²) >= 11 is 1.43. The summed E-state index contributed by atoms with van der Waals surface area (Å²) in [6.45, 7) is 6.09. The van der Waals surface area contributed by atoms with Crippen LogP contribution in [0.5, 0.6) is 0 Å². The van der Waals surface area contributed by atoms with Crippen molar-refractivity contribution in [3.63, 3.8) is 0 Å². The largest absolute Gasteiger partial charge is 0.455 e. The predicted octanol–water partition coefficient (Wildman–Crippen LogP) is 3.13. The zero-order valence-electron chi connectivity index (χ0n) is 17.0. The van der Waals surface area contributed by atoms with E-state index >= 15 is 0 Å². The van der Waals surface area contributed by atoms with Crippen molar-refractivity contribution in [3.05, 3.63) is 24.3 Å². The number of amides is 2. The number of benzene rings is 1. The summed E-state index contributed by atoms with van der Waals surface area (Å²) in [4.78, 5) is 43.1. The molecule has 2 amide bonds. The molecule has 2 atom stereocenters. The molecule has 2 heterocycles. The number of aromatic nitrogens is 1. The van der Waals surface area contributed by atoms with Crippen LogP contribution in [0.1, 0.15) is 40.0 Å². The third-order valence-electron chi connectivity index (χ3n) is 4.92. The van der Waals surface area contributed by atoms with Crippen LogP contribution in [0.15, 0.2) is 24.3 Å². The molecule has 0 saturated carbocycles. The fourth-order valence-corrected chi connectivity index (χ4v) is 4.67. The van der Waals surface area contributed by atoms with Crippen molar-refractivity contribution in [2.75, 3.05) is 18.1 Å². The van der Waals surface area contributed by atoms with Gasteiger partial charge in [0.1, 0.15) is 0 Å². The molecule has 0 bridgehead atoms. The Labute approximate surface area is 174 Å². The first-order valence-corrected chi connectivity index (χ1v) is 10.8. The number of fused-ring (bicyclic) bond motifs is 1. The summed E-state index contributed by atoms with van der Waals surface area (Å²) < 4.78 is 6.29. The molecule has 0 aliphatic carbocycles. The molecule has 156 valence electrons. The van der Waals surface area contributed by atoms with Gasteiger partial charge in [-0.2, -0.15) is 0 Å². The Morgan fingerprint density at radius 3 is 2.79 bits per heavy atom. The van der Waals surface area contributed by atoms with Gasteiger partial charge in [0.05, 0.1) is 16.1 Å². The van der Waals surface area contributed by atoms with Crippen LogP contribution in [-0.2, 0) is 19.1 Å². The first-order chi connectivity index (χ1) is 13.9. The van der Waals surface area contributed by atoms with Crippen molar-refractivity contribution in [3.8, 4) is 0 Å². The van der Waals surface area contributed by atoms with Gasteiger partial charge >= 0.3 is 5.97 Å². The number of rotatable bonds is 7. The van der Waals surface area contributed by atoms with Crippen LogP contribution in [0.25, 0.3) is 10.2 Å². The number of hydrogen-bond acceptors (Lipinski definition) is 6. The first kappa shape index (κ1) is 21.2. The number of ether oxygens (including phenoxy) is 1. The maximum atomic E-state index is 12.6. The highest BCUT2D eigenvalue weighted by Crippen LogP contribution is 2.28. The number of hydrogen-bond donors (Lipinski definition) is 1. The van der Waals surface area contributed by atoms with Crippen molar-refractivity contribution in [1.82, 2.24) is 10.3 Å². The molecule has 2 aromatic rings. The van der Waals surface area contributed by atoms with Crippen LogP contribution in [0, 0.1) is 11.8 Å². The van der Waals surface area contributed by atoms with Gasteiger partial charge in [-0.25, -0.2) is 4.98 Å². The van der Waals surface area contributed by atoms with Crippen LogP contribution in [0.2, 0.25) is 0 Å². The molecular weight excluding hydrogens is 390 g/mol. The van der Waals surface area contributed by atoms with E-state index in [0.717, 1.165) is 16.6 Å². The molecule has 0 radical (unpaired) electrons. The Kier molecular flexibility index (Phi) is 6.84. The summed E-state index contributed by atoms with van der Waals surface area (Å²) in [6.07, 6.45) is 1.47. The van der Waals surface area contributed by atoms with Crippen LogP contribution >= 0.6 is 11.3 Å². The Hall–Kier alpha value is -2.48. The van der Waals surface area contributed by atoms with Crippen LogP contribution in [0.4, 0.5) is 5.13 Å². The second-order valence-electron chi connectivity index (χ2n) is 7.74. The summed E-state index contributed by atoms with van der Waals surface area (Å²) in [5.74, 6) is -1.03. The number of piperidine rings is 1. The van der Waals surface area contributed by atoms with Crippen molar-refractivity contribution < 1.29 is 19.1 Å². The van der Waals surface area contributed by atoms with E-state index in [1.54, 1.807) is 0 Å². The number of nitrogens with one attached hydrogen (secondary N) is 1. The molecule has 0 spiro atoms. The molecule has 29 heavy (non-hydrogen) atoms. The molecule has 7 nitrogen and oxygen atoms in total. The van der Waals surface area contributed by atoms with E-state index in [1.807, 2.05) is 31.2 Å². The minimum absolute atomic E-state index is 0.0283. The van der Waals surface area contributed by atoms with Crippen molar-refractivity contribution in [1.29, 1.82) is 0 Å². The third kappa shape index (κ3) is 5.32. The maximum Gasteiger partial charge on any atom is 0.310 e. The summed E-state index contributed by atoms with van der Waals surface area (Å²) in [6, 6.07) is 7.65. The number of thiazole rings is 1. The lowest BCUT2D eigenvalue weighted by Crippen LogP contribution is -2.45. The summed E-state index contributed by atoms with van der Waals surface area (Å²) in [7, 11) is 0. The highest BCUT2D eigenvalue weighted by Gasteiger charge is 2.33. The van der Waals surface area contributed by atoms with Gasteiger partial charge < -0.3 is 10.1 Å². The van der Waals surface area contributed by atoms with E-state index in [4.69, 9.17) is 4.74 Å². The lowest BCUT2D eigenvalue weighted by Gasteiger charge is -2.29. The van der Waals surface area contributed by atoms with Gasteiger partial charge in [-0.15, -0.1) is 0 Å². The van der Waals surface area contributed by atoms with E-state index in [9.17, 15) is 14.4 Å². The summed E-state index contributed by atoms with van der Waals surface area (Å²) in [5, 5.41) is 3.52.